The highest BCUT2D eigenvalue weighted by Gasteiger charge is 2.17. The van der Waals surface area contributed by atoms with Gasteiger partial charge in [0.2, 0.25) is 0 Å². The van der Waals surface area contributed by atoms with Crippen LogP contribution >= 0.6 is 23.2 Å². The molecule has 3 rings (SSSR count). The van der Waals surface area contributed by atoms with E-state index in [-0.39, 0.29) is 16.3 Å². The van der Waals surface area contributed by atoms with Crippen molar-refractivity contribution >= 4 is 56.3 Å². The molecule has 10 heteroatoms. The summed E-state index contributed by atoms with van der Waals surface area (Å²) in [6, 6.07) is 16.4. The minimum absolute atomic E-state index is 0.0540. The van der Waals surface area contributed by atoms with Crippen molar-refractivity contribution in [1.82, 2.24) is 0 Å². The molecule has 2 amide bonds. The van der Waals surface area contributed by atoms with Crippen molar-refractivity contribution in [3.05, 3.63) is 76.8 Å². The summed E-state index contributed by atoms with van der Waals surface area (Å²) in [6.07, 6.45) is 0. The molecule has 0 aliphatic rings. The first-order valence-electron chi connectivity index (χ1n) is 8.57. The minimum atomic E-state index is -3.88. The fourth-order valence-corrected chi connectivity index (χ4v) is 3.88. The van der Waals surface area contributed by atoms with E-state index in [1.54, 1.807) is 42.5 Å². The fraction of sp³-hybridized carbons (Fsp3) is 0.0500. The van der Waals surface area contributed by atoms with Gasteiger partial charge in [-0.05, 0) is 54.6 Å². The Bertz CT molecular complexity index is 1170. The first-order chi connectivity index (χ1) is 14.3. The maximum atomic E-state index is 12.7. The summed E-state index contributed by atoms with van der Waals surface area (Å²) in [5, 5.41) is 5.88. The number of carbonyl (C=O) groups is 1. The zero-order chi connectivity index (χ0) is 21.7. The van der Waals surface area contributed by atoms with Crippen LogP contribution in [0.25, 0.3) is 0 Å². The zero-order valence-electron chi connectivity index (χ0n) is 15.6. The summed E-state index contributed by atoms with van der Waals surface area (Å²) in [6.45, 7) is 0. The molecule has 0 saturated heterocycles. The van der Waals surface area contributed by atoms with Gasteiger partial charge in [-0.2, -0.15) is 0 Å². The lowest BCUT2D eigenvalue weighted by Gasteiger charge is -2.14. The second-order valence-corrected chi connectivity index (χ2v) is 8.53. The molecule has 0 radical (unpaired) electrons. The second-order valence-electron chi connectivity index (χ2n) is 6.03. The topological polar surface area (TPSA) is 96.5 Å². The molecule has 3 N–H and O–H groups in total. The minimum Gasteiger partial charge on any atom is -0.497 e. The summed E-state index contributed by atoms with van der Waals surface area (Å²) in [7, 11) is -2.38. The highest BCUT2D eigenvalue weighted by molar-refractivity contribution is 7.92. The van der Waals surface area contributed by atoms with Gasteiger partial charge in [0.05, 0.1) is 33.4 Å². The van der Waals surface area contributed by atoms with Crippen LogP contribution in [0.4, 0.5) is 21.9 Å². The normalized spacial score (nSPS) is 10.9. The predicted octanol–water partition coefficient (Wildman–Crippen LogP) is 5.45. The summed E-state index contributed by atoms with van der Waals surface area (Å²) in [5.41, 5.74) is 0.906. The van der Waals surface area contributed by atoms with Crippen molar-refractivity contribution in [2.24, 2.45) is 0 Å². The van der Waals surface area contributed by atoms with Gasteiger partial charge < -0.3 is 15.4 Å². The Morgan fingerprint density at radius 2 is 1.53 bits per heavy atom. The number of urea groups is 1. The van der Waals surface area contributed by atoms with Crippen LogP contribution in [0.3, 0.4) is 0 Å². The average molecular weight is 466 g/mol. The number of ether oxygens (including phenoxy) is 1. The Morgan fingerprint density at radius 1 is 0.867 bits per heavy atom. The lowest BCUT2D eigenvalue weighted by atomic mass is 10.3. The summed E-state index contributed by atoms with van der Waals surface area (Å²) in [5.74, 6) is 0.537. The van der Waals surface area contributed by atoms with Crippen molar-refractivity contribution < 1.29 is 17.9 Å². The molecule has 3 aromatic rings. The molecule has 30 heavy (non-hydrogen) atoms. The molecule has 7 nitrogen and oxygen atoms in total. The van der Waals surface area contributed by atoms with Crippen LogP contribution in [0.15, 0.2) is 71.6 Å². The molecule has 0 unspecified atom stereocenters. The molecule has 0 spiro atoms. The van der Waals surface area contributed by atoms with E-state index in [1.807, 2.05) is 0 Å². The van der Waals surface area contributed by atoms with Crippen LogP contribution in [0.1, 0.15) is 0 Å². The Kier molecular flexibility index (Phi) is 6.71. The van der Waals surface area contributed by atoms with Crippen LogP contribution < -0.4 is 20.1 Å². The maximum absolute atomic E-state index is 12.7. The highest BCUT2D eigenvalue weighted by Crippen LogP contribution is 2.27. The number of para-hydroxylation sites is 2. The Labute approximate surface area is 184 Å². The van der Waals surface area contributed by atoms with Gasteiger partial charge in [0.15, 0.2) is 0 Å². The largest absolute Gasteiger partial charge is 0.497 e. The SMILES string of the molecule is COc1ccc(S(=O)(=O)Nc2ccccc2NC(=O)Nc2ccc(Cl)c(Cl)c2)cc1. The molecule has 156 valence electrons. The number of halogens is 2. The van der Waals surface area contributed by atoms with Gasteiger partial charge in [-0.1, -0.05) is 35.3 Å². The summed E-state index contributed by atoms with van der Waals surface area (Å²) < 4.78 is 32.9. The molecule has 0 heterocycles. The number of carbonyl (C=O) groups excluding carboxylic acids is 1. The first kappa shape index (κ1) is 21.8. The van der Waals surface area contributed by atoms with Gasteiger partial charge in [-0.25, -0.2) is 13.2 Å². The number of sulfonamides is 1. The monoisotopic (exact) mass is 465 g/mol. The van der Waals surface area contributed by atoms with Gasteiger partial charge in [-0.3, -0.25) is 4.72 Å². The molecule has 0 saturated carbocycles. The van der Waals surface area contributed by atoms with Crippen molar-refractivity contribution in [2.45, 2.75) is 4.90 Å². The molecule has 0 fully saturated rings. The summed E-state index contributed by atoms with van der Waals surface area (Å²) in [4.78, 5) is 12.4. The molecule has 0 aromatic heterocycles. The van der Waals surface area contributed by atoms with Crippen molar-refractivity contribution in [3.8, 4) is 5.75 Å². The lowest BCUT2D eigenvalue weighted by molar-refractivity contribution is 0.262. The van der Waals surface area contributed by atoms with Crippen LogP contribution in [0.5, 0.6) is 5.75 Å². The highest BCUT2D eigenvalue weighted by atomic mass is 35.5. The third kappa shape index (κ3) is 5.35. The third-order valence-corrected chi connectivity index (χ3v) is 6.09. The number of nitrogens with one attached hydrogen (secondary N) is 3. The van der Waals surface area contributed by atoms with E-state index in [0.29, 0.717) is 21.5 Å². The number of amides is 2. The van der Waals surface area contributed by atoms with E-state index in [0.717, 1.165) is 0 Å². The molecule has 0 aliphatic carbocycles. The zero-order valence-corrected chi connectivity index (χ0v) is 18.0. The molecule has 0 aliphatic heterocycles. The number of rotatable bonds is 6. The lowest BCUT2D eigenvalue weighted by Crippen LogP contribution is -2.21. The third-order valence-electron chi connectivity index (χ3n) is 3.97. The van der Waals surface area contributed by atoms with Gasteiger partial charge in [0.25, 0.3) is 10.0 Å². The Balaban J connectivity index is 1.76. The smallest absolute Gasteiger partial charge is 0.323 e. The van der Waals surface area contributed by atoms with Gasteiger partial charge in [0, 0.05) is 5.69 Å². The number of hydrogen-bond acceptors (Lipinski definition) is 4. The van der Waals surface area contributed by atoms with Gasteiger partial charge >= 0.3 is 6.03 Å². The Morgan fingerprint density at radius 3 is 2.17 bits per heavy atom. The van der Waals surface area contributed by atoms with E-state index in [2.05, 4.69) is 15.4 Å². The number of methoxy groups -OCH3 is 1. The molecule has 0 bridgehead atoms. The first-order valence-corrected chi connectivity index (χ1v) is 10.8. The van der Waals surface area contributed by atoms with Crippen LogP contribution in [0.2, 0.25) is 10.0 Å². The maximum Gasteiger partial charge on any atom is 0.323 e. The van der Waals surface area contributed by atoms with E-state index in [1.165, 1.54) is 31.4 Å². The van der Waals surface area contributed by atoms with Gasteiger partial charge in [-0.15, -0.1) is 0 Å². The molecular weight excluding hydrogens is 449 g/mol. The van der Waals surface area contributed by atoms with Crippen molar-refractivity contribution in [3.63, 3.8) is 0 Å². The molecule has 0 atom stereocenters. The number of hydrogen-bond donors (Lipinski definition) is 3. The van der Waals surface area contributed by atoms with Crippen LogP contribution in [-0.4, -0.2) is 21.6 Å². The second kappa shape index (κ2) is 9.25. The predicted molar refractivity (Wildman–Crippen MR) is 119 cm³/mol. The molecular formula is C20H17Cl2N3O4S. The van der Waals surface area contributed by atoms with E-state index < -0.39 is 16.1 Å². The van der Waals surface area contributed by atoms with Crippen LogP contribution in [0, 0.1) is 0 Å². The number of benzene rings is 3. The van der Waals surface area contributed by atoms with Crippen molar-refractivity contribution in [2.75, 3.05) is 22.5 Å². The Hall–Kier alpha value is -2.94. The summed E-state index contributed by atoms with van der Waals surface area (Å²) >= 11 is 11.8. The fourth-order valence-electron chi connectivity index (χ4n) is 2.50. The standard InChI is InChI=1S/C20H17Cl2N3O4S/c1-29-14-7-9-15(10-8-14)30(27,28)25-19-5-3-2-4-18(19)24-20(26)23-13-6-11-16(21)17(22)12-13/h2-12,25H,1H3,(H2,23,24,26). The van der Waals surface area contributed by atoms with Crippen molar-refractivity contribution in [1.29, 1.82) is 0 Å². The van der Waals surface area contributed by atoms with E-state index in [9.17, 15) is 13.2 Å². The van der Waals surface area contributed by atoms with E-state index >= 15 is 0 Å². The van der Waals surface area contributed by atoms with Gasteiger partial charge in [0.1, 0.15) is 5.75 Å². The van der Waals surface area contributed by atoms with Crippen LogP contribution in [-0.2, 0) is 10.0 Å². The number of anilines is 3. The quantitative estimate of drug-likeness (QED) is 0.450. The van der Waals surface area contributed by atoms with E-state index in [4.69, 9.17) is 27.9 Å². The average Bonchev–Trinajstić information content (AvgIpc) is 2.72. The molecule has 3 aromatic carbocycles.